The zero-order valence-electron chi connectivity index (χ0n) is 15.8. The molecule has 1 aliphatic heterocycles. The number of anilines is 1. The molecule has 4 nitrogen and oxygen atoms in total. The first-order chi connectivity index (χ1) is 14.2. The number of nitrogens with zero attached hydrogens (tertiary/aromatic N) is 1. The van der Waals surface area contributed by atoms with Gasteiger partial charge in [0.2, 0.25) is 0 Å². The molecule has 1 aromatic heterocycles. The Hall–Kier alpha value is -1.67. The standard InChI is InChI=1S/C22H21BrN2O2S2/c23-16-9-7-15(8-10-16)12-18-13-24-22(29-18)25-21(26)19-5-1-2-6-20(19)28-14-17-4-3-11-27-17/h1-2,5-10,13,17H,3-4,11-12,14H2,(H,24,25,26). The fraction of sp³-hybridized carbons (Fsp3) is 0.273. The van der Waals surface area contributed by atoms with Gasteiger partial charge in [-0.25, -0.2) is 4.98 Å². The van der Waals surface area contributed by atoms with Crippen LogP contribution in [0.4, 0.5) is 5.13 Å². The molecule has 2 aromatic carbocycles. The van der Waals surface area contributed by atoms with Gasteiger partial charge in [-0.3, -0.25) is 10.1 Å². The van der Waals surface area contributed by atoms with E-state index in [-0.39, 0.29) is 12.0 Å². The van der Waals surface area contributed by atoms with Crippen LogP contribution in [0.3, 0.4) is 0 Å². The number of aromatic nitrogens is 1. The molecule has 0 saturated carbocycles. The van der Waals surface area contributed by atoms with Crippen molar-refractivity contribution in [2.24, 2.45) is 0 Å². The molecule has 1 saturated heterocycles. The van der Waals surface area contributed by atoms with E-state index in [1.165, 1.54) is 16.9 Å². The van der Waals surface area contributed by atoms with Gasteiger partial charge in [0.1, 0.15) is 0 Å². The van der Waals surface area contributed by atoms with Crippen molar-refractivity contribution in [1.82, 2.24) is 4.98 Å². The first-order valence-corrected chi connectivity index (χ1v) is 12.1. The lowest BCUT2D eigenvalue weighted by atomic mass is 10.1. The van der Waals surface area contributed by atoms with Crippen molar-refractivity contribution >= 4 is 50.1 Å². The van der Waals surface area contributed by atoms with E-state index in [1.54, 1.807) is 11.8 Å². The third kappa shape index (κ3) is 5.69. The van der Waals surface area contributed by atoms with Crippen LogP contribution in [-0.4, -0.2) is 29.4 Å². The summed E-state index contributed by atoms with van der Waals surface area (Å²) in [5.74, 6) is 0.754. The highest BCUT2D eigenvalue weighted by atomic mass is 79.9. The number of benzene rings is 2. The van der Waals surface area contributed by atoms with Gasteiger partial charge >= 0.3 is 0 Å². The maximum absolute atomic E-state index is 12.8. The molecule has 150 valence electrons. The summed E-state index contributed by atoms with van der Waals surface area (Å²) in [6.07, 6.45) is 5.15. The van der Waals surface area contributed by atoms with Crippen molar-refractivity contribution in [1.29, 1.82) is 0 Å². The molecule has 0 bridgehead atoms. The number of carbonyl (C=O) groups is 1. The van der Waals surface area contributed by atoms with E-state index in [2.05, 4.69) is 38.4 Å². The predicted octanol–water partition coefficient (Wildman–Crippen LogP) is 6.02. The highest BCUT2D eigenvalue weighted by molar-refractivity contribution is 9.10. The molecule has 1 amide bonds. The van der Waals surface area contributed by atoms with E-state index >= 15 is 0 Å². The van der Waals surface area contributed by atoms with Crippen LogP contribution in [0, 0.1) is 0 Å². The van der Waals surface area contributed by atoms with Gasteiger partial charge in [0.05, 0.1) is 11.7 Å². The lowest BCUT2D eigenvalue weighted by Gasteiger charge is -2.11. The van der Waals surface area contributed by atoms with Crippen LogP contribution in [0.15, 0.2) is 64.1 Å². The van der Waals surface area contributed by atoms with Gasteiger partial charge in [0, 0.05) is 39.2 Å². The molecular formula is C22H21BrN2O2S2. The average molecular weight is 489 g/mol. The SMILES string of the molecule is O=C(Nc1ncc(Cc2ccc(Br)cc2)s1)c1ccccc1SCC1CCCO1. The van der Waals surface area contributed by atoms with Crippen LogP contribution in [0.1, 0.15) is 33.6 Å². The van der Waals surface area contributed by atoms with Gasteiger partial charge in [-0.15, -0.1) is 23.1 Å². The van der Waals surface area contributed by atoms with E-state index < -0.39 is 0 Å². The molecule has 1 aliphatic rings. The normalized spacial score (nSPS) is 16.1. The van der Waals surface area contributed by atoms with Crippen LogP contribution in [0.5, 0.6) is 0 Å². The van der Waals surface area contributed by atoms with Crippen molar-refractivity contribution in [2.75, 3.05) is 17.7 Å². The molecular weight excluding hydrogens is 468 g/mol. The van der Waals surface area contributed by atoms with E-state index in [1.807, 2.05) is 42.6 Å². The van der Waals surface area contributed by atoms with Gasteiger partial charge in [-0.05, 0) is 42.7 Å². The quantitative estimate of drug-likeness (QED) is 0.413. The summed E-state index contributed by atoms with van der Waals surface area (Å²) in [5.41, 5.74) is 1.89. The Morgan fingerprint density at radius 1 is 1.24 bits per heavy atom. The van der Waals surface area contributed by atoms with Crippen LogP contribution in [0.25, 0.3) is 0 Å². The van der Waals surface area contributed by atoms with E-state index in [4.69, 9.17) is 4.74 Å². The molecule has 0 radical (unpaired) electrons. The number of nitrogens with one attached hydrogen (secondary N) is 1. The van der Waals surface area contributed by atoms with Crippen molar-refractivity contribution in [3.8, 4) is 0 Å². The zero-order valence-corrected chi connectivity index (χ0v) is 19.0. The lowest BCUT2D eigenvalue weighted by molar-refractivity contribution is 0.102. The van der Waals surface area contributed by atoms with Gasteiger partial charge in [0.25, 0.3) is 5.91 Å². The van der Waals surface area contributed by atoms with E-state index in [0.717, 1.165) is 45.9 Å². The van der Waals surface area contributed by atoms with Crippen molar-refractivity contribution < 1.29 is 9.53 Å². The molecule has 1 atom stereocenters. The Kier molecular flexibility index (Phi) is 7.02. The number of halogens is 1. The average Bonchev–Trinajstić information content (AvgIpc) is 3.40. The third-order valence-electron chi connectivity index (χ3n) is 4.65. The van der Waals surface area contributed by atoms with Gasteiger partial charge < -0.3 is 4.74 Å². The number of amides is 1. The number of ether oxygens (including phenoxy) is 1. The monoisotopic (exact) mass is 488 g/mol. The fourth-order valence-corrected chi connectivity index (χ4v) is 5.38. The summed E-state index contributed by atoms with van der Waals surface area (Å²) in [5, 5.41) is 3.58. The molecule has 29 heavy (non-hydrogen) atoms. The Morgan fingerprint density at radius 2 is 2.07 bits per heavy atom. The summed E-state index contributed by atoms with van der Waals surface area (Å²) in [6, 6.07) is 16.0. The van der Waals surface area contributed by atoms with Crippen molar-refractivity contribution in [3.05, 3.63) is 75.2 Å². The lowest BCUT2D eigenvalue weighted by Crippen LogP contribution is -2.13. The second-order valence-electron chi connectivity index (χ2n) is 6.83. The first-order valence-electron chi connectivity index (χ1n) is 9.51. The number of thiazole rings is 1. The maximum Gasteiger partial charge on any atom is 0.258 e. The Labute approximate surface area is 187 Å². The smallest absolute Gasteiger partial charge is 0.258 e. The minimum Gasteiger partial charge on any atom is -0.377 e. The second kappa shape index (κ2) is 9.89. The van der Waals surface area contributed by atoms with Gasteiger partial charge in [-0.1, -0.05) is 40.2 Å². The molecule has 4 rings (SSSR count). The number of carbonyl (C=O) groups excluding carboxylic acids is 1. The molecule has 1 unspecified atom stereocenters. The summed E-state index contributed by atoms with van der Waals surface area (Å²) >= 11 is 6.65. The summed E-state index contributed by atoms with van der Waals surface area (Å²) in [6.45, 7) is 0.847. The fourth-order valence-electron chi connectivity index (χ4n) is 3.15. The first kappa shape index (κ1) is 20.6. The number of hydrogen-bond donors (Lipinski definition) is 1. The molecule has 1 fully saturated rings. The van der Waals surface area contributed by atoms with Gasteiger partial charge in [-0.2, -0.15) is 0 Å². The van der Waals surface area contributed by atoms with Crippen LogP contribution in [0.2, 0.25) is 0 Å². The molecule has 1 N–H and O–H groups in total. The predicted molar refractivity (Wildman–Crippen MR) is 123 cm³/mol. The Bertz CT molecular complexity index is 969. The zero-order chi connectivity index (χ0) is 20.1. The summed E-state index contributed by atoms with van der Waals surface area (Å²) in [4.78, 5) is 19.3. The Balaban J connectivity index is 1.39. The van der Waals surface area contributed by atoms with E-state index in [9.17, 15) is 4.79 Å². The summed E-state index contributed by atoms with van der Waals surface area (Å²) in [7, 11) is 0. The van der Waals surface area contributed by atoms with Crippen LogP contribution >= 0.6 is 39.0 Å². The number of rotatable bonds is 7. The highest BCUT2D eigenvalue weighted by Gasteiger charge is 2.18. The molecule has 3 aromatic rings. The summed E-state index contributed by atoms with van der Waals surface area (Å²) < 4.78 is 6.76. The molecule has 7 heteroatoms. The minimum atomic E-state index is -0.120. The van der Waals surface area contributed by atoms with Gasteiger partial charge in [0.15, 0.2) is 5.13 Å². The minimum absolute atomic E-state index is 0.120. The largest absolute Gasteiger partial charge is 0.377 e. The van der Waals surface area contributed by atoms with E-state index in [0.29, 0.717) is 10.7 Å². The van der Waals surface area contributed by atoms with Crippen molar-refractivity contribution in [3.63, 3.8) is 0 Å². The highest BCUT2D eigenvalue weighted by Crippen LogP contribution is 2.28. The van der Waals surface area contributed by atoms with Crippen LogP contribution < -0.4 is 5.32 Å². The molecule has 2 heterocycles. The van der Waals surface area contributed by atoms with Crippen molar-refractivity contribution in [2.45, 2.75) is 30.3 Å². The Morgan fingerprint density at radius 3 is 2.86 bits per heavy atom. The number of hydrogen-bond acceptors (Lipinski definition) is 5. The molecule has 0 spiro atoms. The second-order valence-corrected chi connectivity index (χ2v) is 9.92. The third-order valence-corrected chi connectivity index (χ3v) is 7.29. The molecule has 0 aliphatic carbocycles. The maximum atomic E-state index is 12.8. The number of thioether (sulfide) groups is 1. The topological polar surface area (TPSA) is 51.2 Å². The van der Waals surface area contributed by atoms with Crippen LogP contribution in [-0.2, 0) is 11.2 Å².